The number of hydrogen-bond acceptors (Lipinski definition) is 1. The third kappa shape index (κ3) is 26.1. The van der Waals surface area contributed by atoms with Gasteiger partial charge in [0.15, 0.2) is 0 Å². The zero-order valence-electron chi connectivity index (χ0n) is 28.5. The van der Waals surface area contributed by atoms with Crippen LogP contribution in [0.15, 0.2) is 93.2 Å². The molecule has 228 valence electrons. The quantitative estimate of drug-likeness (QED) is 0.102. The number of rotatable bonds is 21. The summed E-state index contributed by atoms with van der Waals surface area (Å²) in [5.74, 6) is 0. The number of allylic oxidation sites excluding steroid dienone is 16. The van der Waals surface area contributed by atoms with Gasteiger partial charge in [-0.15, -0.1) is 0 Å². The smallest absolute Gasteiger partial charge is 0.0911 e. The van der Waals surface area contributed by atoms with Gasteiger partial charge in [-0.05, 0) is 152 Å². The molecular formula is C40H63N. The van der Waals surface area contributed by atoms with E-state index in [1.54, 1.807) is 6.08 Å². The lowest BCUT2D eigenvalue weighted by Crippen LogP contribution is -1.84. The Morgan fingerprint density at radius 3 is 0.805 bits per heavy atom. The monoisotopic (exact) mass is 557 g/mol. The second-order valence-corrected chi connectivity index (χ2v) is 12.5. The van der Waals surface area contributed by atoms with E-state index < -0.39 is 0 Å². The third-order valence-electron chi connectivity index (χ3n) is 7.59. The molecule has 0 aromatic carbocycles. The van der Waals surface area contributed by atoms with Gasteiger partial charge in [0.25, 0.3) is 0 Å². The van der Waals surface area contributed by atoms with Crippen LogP contribution in [-0.2, 0) is 0 Å². The van der Waals surface area contributed by atoms with Crippen LogP contribution in [-0.4, -0.2) is 0 Å². The summed E-state index contributed by atoms with van der Waals surface area (Å²) in [6.45, 7) is 20.0. The van der Waals surface area contributed by atoms with E-state index >= 15 is 0 Å². The SMILES string of the molecule is CC(C)=CCC/C(C)=C/CC/C(C)=C/CC/C(C)=C/CC/C(C)=C/CC/C(C)=C/CC/C(C)=C/CC/C(C)=C/C#N. The molecule has 0 rings (SSSR count). The predicted octanol–water partition coefficient (Wildman–Crippen LogP) is 13.6. The van der Waals surface area contributed by atoms with Crippen molar-refractivity contribution < 1.29 is 0 Å². The second-order valence-electron chi connectivity index (χ2n) is 12.5. The second kappa shape index (κ2) is 25.1. The van der Waals surface area contributed by atoms with E-state index in [0.717, 1.165) is 56.9 Å². The molecule has 0 saturated carbocycles. The molecule has 0 fully saturated rings. The van der Waals surface area contributed by atoms with Crippen molar-refractivity contribution in [3.8, 4) is 6.07 Å². The Labute approximate surface area is 256 Å². The molecule has 1 nitrogen and oxygen atoms in total. The highest BCUT2D eigenvalue weighted by atomic mass is 14.2. The molecule has 0 unspecified atom stereocenters. The molecule has 41 heavy (non-hydrogen) atoms. The molecule has 0 aliphatic heterocycles. The predicted molar refractivity (Wildman–Crippen MR) is 186 cm³/mol. The maximum absolute atomic E-state index is 8.70. The molecule has 0 aliphatic carbocycles. The third-order valence-corrected chi connectivity index (χ3v) is 7.59. The molecule has 0 atom stereocenters. The Bertz CT molecular complexity index is 1020. The molecule has 0 N–H and O–H groups in total. The molecule has 0 radical (unpaired) electrons. The summed E-state index contributed by atoms with van der Waals surface area (Å²) in [6, 6.07) is 2.11. The Morgan fingerprint density at radius 1 is 0.366 bits per heavy atom. The highest BCUT2D eigenvalue weighted by Crippen LogP contribution is 2.17. The van der Waals surface area contributed by atoms with Gasteiger partial charge in [-0.3, -0.25) is 0 Å². The molecule has 0 amide bonds. The molecule has 0 spiro atoms. The molecule has 0 aliphatic rings. The summed E-state index contributed by atoms with van der Waals surface area (Å²) in [7, 11) is 0. The Hall–Kier alpha value is -2.59. The largest absolute Gasteiger partial charge is 0.193 e. The summed E-state index contributed by atoms with van der Waals surface area (Å²) < 4.78 is 0. The van der Waals surface area contributed by atoms with E-state index in [2.05, 4.69) is 104 Å². The maximum Gasteiger partial charge on any atom is 0.0911 e. The molecule has 0 aromatic rings. The fourth-order valence-corrected chi connectivity index (χ4v) is 4.66. The van der Waals surface area contributed by atoms with Crippen molar-refractivity contribution in [2.45, 2.75) is 152 Å². The minimum absolute atomic E-state index is 0.980. The van der Waals surface area contributed by atoms with Crippen molar-refractivity contribution in [2.75, 3.05) is 0 Å². The first-order valence-electron chi connectivity index (χ1n) is 16.2. The van der Waals surface area contributed by atoms with Crippen LogP contribution in [0.5, 0.6) is 0 Å². The van der Waals surface area contributed by atoms with Gasteiger partial charge in [0.1, 0.15) is 0 Å². The van der Waals surface area contributed by atoms with Crippen molar-refractivity contribution in [3.05, 3.63) is 93.2 Å². The van der Waals surface area contributed by atoms with Crippen LogP contribution in [0.25, 0.3) is 0 Å². The van der Waals surface area contributed by atoms with Gasteiger partial charge in [-0.25, -0.2) is 0 Å². The van der Waals surface area contributed by atoms with Gasteiger partial charge in [-0.2, -0.15) is 5.26 Å². The molecule has 0 bridgehead atoms. The van der Waals surface area contributed by atoms with Crippen LogP contribution in [0.4, 0.5) is 0 Å². The first-order valence-corrected chi connectivity index (χ1v) is 16.2. The fourth-order valence-electron chi connectivity index (χ4n) is 4.66. The Balaban J connectivity index is 4.19. The Morgan fingerprint density at radius 2 is 0.585 bits per heavy atom. The van der Waals surface area contributed by atoms with Gasteiger partial charge in [0, 0.05) is 6.08 Å². The van der Waals surface area contributed by atoms with Gasteiger partial charge in [0.05, 0.1) is 6.07 Å². The van der Waals surface area contributed by atoms with Crippen LogP contribution in [0.1, 0.15) is 152 Å². The van der Waals surface area contributed by atoms with Crippen LogP contribution >= 0.6 is 0 Å². The zero-order chi connectivity index (χ0) is 30.9. The van der Waals surface area contributed by atoms with Gasteiger partial charge in [0.2, 0.25) is 0 Å². The van der Waals surface area contributed by atoms with E-state index in [-0.39, 0.29) is 0 Å². The number of nitriles is 1. The van der Waals surface area contributed by atoms with Gasteiger partial charge in [-0.1, -0.05) is 87.1 Å². The van der Waals surface area contributed by atoms with E-state index in [4.69, 9.17) is 5.26 Å². The minimum Gasteiger partial charge on any atom is -0.193 e. The molecular weight excluding hydrogens is 494 g/mol. The highest BCUT2D eigenvalue weighted by molar-refractivity contribution is 5.13. The molecule has 1 heteroatoms. The average molecular weight is 558 g/mol. The van der Waals surface area contributed by atoms with Crippen molar-refractivity contribution in [2.24, 2.45) is 0 Å². The maximum atomic E-state index is 8.70. The lowest BCUT2D eigenvalue weighted by molar-refractivity contribution is 0.882. The van der Waals surface area contributed by atoms with Crippen molar-refractivity contribution in [1.29, 1.82) is 5.26 Å². The topological polar surface area (TPSA) is 23.8 Å². The van der Waals surface area contributed by atoms with E-state index in [9.17, 15) is 0 Å². The fraction of sp³-hybridized carbons (Fsp3) is 0.575. The molecule has 0 heterocycles. The van der Waals surface area contributed by atoms with Crippen LogP contribution in [0, 0.1) is 11.3 Å². The summed E-state index contributed by atoms with van der Waals surface area (Å²) in [4.78, 5) is 0. The zero-order valence-corrected chi connectivity index (χ0v) is 28.5. The molecule has 0 saturated heterocycles. The lowest BCUT2D eigenvalue weighted by atomic mass is 10.0. The summed E-state index contributed by atoms with van der Waals surface area (Å²) in [5.41, 5.74) is 11.6. The normalized spacial score (nSPS) is 14.4. The first-order chi connectivity index (χ1) is 19.5. The van der Waals surface area contributed by atoms with Crippen molar-refractivity contribution in [3.63, 3.8) is 0 Å². The highest BCUT2D eigenvalue weighted by Gasteiger charge is 1.96. The van der Waals surface area contributed by atoms with E-state index in [1.165, 1.54) is 77.5 Å². The number of hydrogen-bond donors (Lipinski definition) is 0. The summed E-state index contributed by atoms with van der Waals surface area (Å²) in [6.07, 6.45) is 34.4. The summed E-state index contributed by atoms with van der Waals surface area (Å²) in [5, 5.41) is 8.70. The van der Waals surface area contributed by atoms with Crippen LogP contribution in [0.3, 0.4) is 0 Å². The van der Waals surface area contributed by atoms with Crippen molar-refractivity contribution in [1.82, 2.24) is 0 Å². The van der Waals surface area contributed by atoms with Crippen molar-refractivity contribution >= 4 is 0 Å². The molecule has 0 aromatic heterocycles. The standard InChI is InChI=1S/C40H63N/c1-33(2)17-10-18-34(3)19-11-20-35(4)21-12-22-36(5)23-13-24-37(6)25-14-26-38(7)27-15-28-39(8)29-16-30-40(9)31-32-41/h17,19,21,23,25,27,29,31H,10-16,18,20,22,24,26,28,30H2,1-9H3/b34-19+,35-21+,36-23+,37-25+,38-27+,39-29+,40-31+. The first kappa shape index (κ1) is 38.4. The summed E-state index contributed by atoms with van der Waals surface area (Å²) >= 11 is 0. The van der Waals surface area contributed by atoms with Crippen LogP contribution in [0.2, 0.25) is 0 Å². The van der Waals surface area contributed by atoms with E-state index in [1.807, 2.05) is 6.92 Å². The number of nitrogens with zero attached hydrogens (tertiary/aromatic N) is 1. The van der Waals surface area contributed by atoms with Gasteiger partial charge >= 0.3 is 0 Å². The van der Waals surface area contributed by atoms with Crippen LogP contribution < -0.4 is 0 Å². The Kier molecular flexibility index (Phi) is 23.6. The average Bonchev–Trinajstić information content (AvgIpc) is 2.88. The van der Waals surface area contributed by atoms with Gasteiger partial charge < -0.3 is 0 Å². The lowest BCUT2D eigenvalue weighted by Gasteiger charge is -2.04. The minimum atomic E-state index is 0.980. The van der Waals surface area contributed by atoms with E-state index in [0.29, 0.717) is 0 Å².